The number of pyridine rings is 1. The molecule has 1 amide bonds. The zero-order valence-electron chi connectivity index (χ0n) is 18.6. The van der Waals surface area contributed by atoms with E-state index in [9.17, 15) is 4.79 Å². The molecular formula is C26H32N4O. The molecule has 4 heterocycles. The van der Waals surface area contributed by atoms with Crippen molar-refractivity contribution in [2.45, 2.75) is 45.4 Å². The molecule has 2 aliphatic rings. The molecule has 5 nitrogen and oxygen atoms in total. The number of amides is 1. The second-order valence-electron chi connectivity index (χ2n) is 9.11. The third kappa shape index (κ3) is 3.87. The normalized spacial score (nSPS) is 19.9. The van der Waals surface area contributed by atoms with Crippen molar-refractivity contribution in [1.82, 2.24) is 20.2 Å². The van der Waals surface area contributed by atoms with E-state index in [1.165, 1.54) is 33.3 Å². The molecule has 0 aliphatic carbocycles. The molecule has 1 aromatic carbocycles. The van der Waals surface area contributed by atoms with Gasteiger partial charge in [0.25, 0.3) is 0 Å². The standard InChI is InChI=1S/C26H32N4O/c1-3-22-23-15-19(4-5-24(23)29-25(22)20-7-11-28-17(2)14-20)18-8-12-30(13-9-18)26(31)21-6-10-27-16-21/h4-5,7,11,14-15,18,21,27,29H,3,6,8-10,12-13,16H2,1-2H3. The molecule has 0 saturated carbocycles. The van der Waals surface area contributed by atoms with Crippen molar-refractivity contribution in [1.29, 1.82) is 0 Å². The summed E-state index contributed by atoms with van der Waals surface area (Å²) in [5, 5.41) is 4.65. The van der Waals surface area contributed by atoms with Gasteiger partial charge in [-0.05, 0) is 80.5 Å². The highest BCUT2D eigenvalue weighted by molar-refractivity contribution is 5.91. The highest BCUT2D eigenvalue weighted by Gasteiger charge is 2.30. The van der Waals surface area contributed by atoms with Gasteiger partial charge in [0.05, 0.1) is 5.92 Å². The van der Waals surface area contributed by atoms with E-state index in [1.54, 1.807) is 0 Å². The highest BCUT2D eigenvalue weighted by Crippen LogP contribution is 2.35. The number of nitrogens with one attached hydrogen (secondary N) is 2. The number of carbonyl (C=O) groups excluding carboxylic acids is 1. The Hall–Kier alpha value is -2.66. The third-order valence-electron chi connectivity index (χ3n) is 7.16. The Balaban J connectivity index is 1.37. The minimum Gasteiger partial charge on any atom is -0.354 e. The van der Waals surface area contributed by atoms with Crippen molar-refractivity contribution >= 4 is 16.8 Å². The van der Waals surface area contributed by atoms with Gasteiger partial charge in [0.1, 0.15) is 0 Å². The molecule has 5 heteroatoms. The molecule has 3 aromatic rings. The number of hydrogen-bond acceptors (Lipinski definition) is 3. The SMILES string of the molecule is CCc1c(-c2ccnc(C)c2)[nH]c2ccc(C3CCN(C(=O)C4CCNC4)CC3)cc12. The molecule has 2 fully saturated rings. The number of H-pyrrole nitrogens is 1. The van der Waals surface area contributed by atoms with Crippen molar-refractivity contribution in [3.63, 3.8) is 0 Å². The molecular weight excluding hydrogens is 384 g/mol. The largest absolute Gasteiger partial charge is 0.354 e. The van der Waals surface area contributed by atoms with Gasteiger partial charge in [-0.25, -0.2) is 0 Å². The van der Waals surface area contributed by atoms with Crippen molar-refractivity contribution in [3.8, 4) is 11.3 Å². The van der Waals surface area contributed by atoms with Crippen LogP contribution < -0.4 is 5.32 Å². The molecule has 2 aromatic heterocycles. The van der Waals surface area contributed by atoms with Gasteiger partial charge >= 0.3 is 0 Å². The van der Waals surface area contributed by atoms with Gasteiger partial charge in [-0.15, -0.1) is 0 Å². The molecule has 5 rings (SSSR count). The average Bonchev–Trinajstić information content (AvgIpc) is 3.46. The Morgan fingerprint density at radius 2 is 2.00 bits per heavy atom. The van der Waals surface area contributed by atoms with Crippen LogP contribution in [0.1, 0.15) is 48.9 Å². The van der Waals surface area contributed by atoms with Gasteiger partial charge in [0, 0.05) is 53.7 Å². The minimum atomic E-state index is 0.190. The summed E-state index contributed by atoms with van der Waals surface area (Å²) in [6, 6.07) is 11.2. The van der Waals surface area contributed by atoms with E-state index in [2.05, 4.69) is 57.4 Å². The topological polar surface area (TPSA) is 61.0 Å². The van der Waals surface area contributed by atoms with E-state index in [4.69, 9.17) is 0 Å². The second-order valence-corrected chi connectivity index (χ2v) is 9.11. The molecule has 0 bridgehead atoms. The number of aryl methyl sites for hydroxylation is 2. The summed E-state index contributed by atoms with van der Waals surface area (Å²) in [6.07, 6.45) is 5.97. The quantitative estimate of drug-likeness (QED) is 0.662. The number of piperidine rings is 1. The molecule has 1 unspecified atom stereocenters. The first kappa shape index (κ1) is 20.3. The van der Waals surface area contributed by atoms with Gasteiger partial charge in [0.15, 0.2) is 0 Å². The van der Waals surface area contributed by atoms with Crippen LogP contribution in [0.4, 0.5) is 0 Å². The molecule has 2 N–H and O–H groups in total. The number of nitrogens with zero attached hydrogens (tertiary/aromatic N) is 2. The summed E-state index contributed by atoms with van der Waals surface area (Å²) >= 11 is 0. The first-order valence-corrected chi connectivity index (χ1v) is 11.7. The monoisotopic (exact) mass is 416 g/mol. The Morgan fingerprint density at radius 1 is 1.16 bits per heavy atom. The van der Waals surface area contributed by atoms with Crippen molar-refractivity contribution in [2.24, 2.45) is 5.92 Å². The van der Waals surface area contributed by atoms with Crippen molar-refractivity contribution in [3.05, 3.63) is 53.3 Å². The lowest BCUT2D eigenvalue weighted by atomic mass is 9.88. The summed E-state index contributed by atoms with van der Waals surface area (Å²) in [7, 11) is 0. The highest BCUT2D eigenvalue weighted by atomic mass is 16.2. The van der Waals surface area contributed by atoms with Crippen LogP contribution in [0.2, 0.25) is 0 Å². The lowest BCUT2D eigenvalue weighted by molar-refractivity contribution is -0.136. The number of aromatic amines is 1. The lowest BCUT2D eigenvalue weighted by Crippen LogP contribution is -2.41. The van der Waals surface area contributed by atoms with E-state index in [0.717, 1.165) is 57.6 Å². The Bertz CT molecular complexity index is 1090. The number of fused-ring (bicyclic) bond motifs is 1. The Labute approximate surface area is 184 Å². The molecule has 0 radical (unpaired) electrons. The van der Waals surface area contributed by atoms with Crippen LogP contribution in [-0.4, -0.2) is 47.0 Å². The van der Waals surface area contributed by atoms with Gasteiger partial charge in [0.2, 0.25) is 5.91 Å². The van der Waals surface area contributed by atoms with Crippen LogP contribution in [-0.2, 0) is 11.2 Å². The first-order chi connectivity index (χ1) is 15.1. The van der Waals surface area contributed by atoms with Crippen LogP contribution in [0.15, 0.2) is 36.5 Å². The number of hydrogen-bond donors (Lipinski definition) is 2. The van der Waals surface area contributed by atoms with Crippen LogP contribution in [0.25, 0.3) is 22.2 Å². The van der Waals surface area contributed by atoms with E-state index < -0.39 is 0 Å². The molecule has 162 valence electrons. The summed E-state index contributed by atoms with van der Waals surface area (Å²) < 4.78 is 0. The van der Waals surface area contributed by atoms with E-state index in [0.29, 0.717) is 11.8 Å². The Morgan fingerprint density at radius 3 is 2.71 bits per heavy atom. The predicted octanol–water partition coefficient (Wildman–Crippen LogP) is 4.42. The first-order valence-electron chi connectivity index (χ1n) is 11.7. The maximum Gasteiger partial charge on any atom is 0.227 e. The number of rotatable bonds is 4. The molecule has 1 atom stereocenters. The van der Waals surface area contributed by atoms with Crippen molar-refractivity contribution in [2.75, 3.05) is 26.2 Å². The van der Waals surface area contributed by atoms with E-state index in [1.807, 2.05) is 13.1 Å². The molecule has 0 spiro atoms. The zero-order chi connectivity index (χ0) is 21.4. The number of aromatic nitrogens is 2. The third-order valence-corrected chi connectivity index (χ3v) is 7.16. The smallest absolute Gasteiger partial charge is 0.227 e. The van der Waals surface area contributed by atoms with Crippen molar-refractivity contribution < 1.29 is 4.79 Å². The van der Waals surface area contributed by atoms with Crippen LogP contribution >= 0.6 is 0 Å². The fraction of sp³-hybridized carbons (Fsp3) is 0.462. The lowest BCUT2D eigenvalue weighted by Gasteiger charge is -2.33. The van der Waals surface area contributed by atoms with Crippen LogP contribution in [0.5, 0.6) is 0 Å². The van der Waals surface area contributed by atoms with Gasteiger partial charge in [-0.3, -0.25) is 9.78 Å². The van der Waals surface area contributed by atoms with Gasteiger partial charge in [-0.2, -0.15) is 0 Å². The fourth-order valence-corrected chi connectivity index (χ4v) is 5.39. The number of carbonyl (C=O) groups is 1. The molecule has 31 heavy (non-hydrogen) atoms. The van der Waals surface area contributed by atoms with Crippen LogP contribution in [0.3, 0.4) is 0 Å². The second kappa shape index (κ2) is 8.46. The van der Waals surface area contributed by atoms with Gasteiger partial charge in [-0.1, -0.05) is 13.0 Å². The van der Waals surface area contributed by atoms with E-state index in [-0.39, 0.29) is 5.92 Å². The summed E-state index contributed by atoms with van der Waals surface area (Å²) in [5.41, 5.74) is 7.44. The van der Waals surface area contributed by atoms with Crippen LogP contribution in [0, 0.1) is 12.8 Å². The fourth-order valence-electron chi connectivity index (χ4n) is 5.39. The summed E-state index contributed by atoms with van der Waals surface area (Å²) in [6.45, 7) is 7.86. The van der Waals surface area contributed by atoms with E-state index >= 15 is 0 Å². The summed E-state index contributed by atoms with van der Waals surface area (Å²) in [4.78, 5) is 22.8. The average molecular weight is 417 g/mol. The maximum absolute atomic E-state index is 12.7. The predicted molar refractivity (Wildman–Crippen MR) is 125 cm³/mol. The minimum absolute atomic E-state index is 0.190. The number of benzene rings is 1. The zero-order valence-corrected chi connectivity index (χ0v) is 18.6. The van der Waals surface area contributed by atoms with Gasteiger partial charge < -0.3 is 15.2 Å². The molecule has 2 saturated heterocycles. The molecule has 2 aliphatic heterocycles. The summed E-state index contributed by atoms with van der Waals surface area (Å²) in [5.74, 6) is 1.08. The number of likely N-dealkylation sites (tertiary alicyclic amines) is 1. The Kier molecular flexibility index (Phi) is 5.53. The maximum atomic E-state index is 12.7.